The first kappa shape index (κ1) is 24.7. The average Bonchev–Trinajstić information content (AvgIpc) is 3.55. The van der Waals surface area contributed by atoms with E-state index in [-0.39, 0.29) is 18.4 Å². The summed E-state index contributed by atoms with van der Waals surface area (Å²) >= 11 is 1.71. The standard InChI is InChI=1S/C28H27N3O5S/c1-18-5-3-4-6-23(18)29-28-30-24-12-7-19(13-25(24)36-28)14-26(32)31-17-37-16-21(31)15-35-22-10-8-20(9-11-22)27(33)34-2/h3-13,21H,14-17H2,1-2H3,(H,29,30)/t21-/m1/s1. The molecule has 1 amide bonds. The van der Waals surface area contributed by atoms with Gasteiger partial charge in [0.05, 0.1) is 31.0 Å². The number of hydrogen-bond acceptors (Lipinski definition) is 8. The maximum absolute atomic E-state index is 13.2. The Hall–Kier alpha value is -3.98. The number of carbonyl (C=O) groups excluding carboxylic acids is 2. The van der Waals surface area contributed by atoms with Crippen LogP contribution in [0.1, 0.15) is 21.5 Å². The number of para-hydroxylation sites is 1. The fourth-order valence-corrected chi connectivity index (χ4v) is 5.34. The van der Waals surface area contributed by atoms with Crippen LogP contribution in [-0.4, -0.2) is 53.1 Å². The first-order valence-electron chi connectivity index (χ1n) is 11.9. The minimum absolute atomic E-state index is 0.0308. The first-order chi connectivity index (χ1) is 18.0. The molecule has 0 unspecified atom stereocenters. The molecule has 37 heavy (non-hydrogen) atoms. The lowest BCUT2D eigenvalue weighted by Crippen LogP contribution is -2.41. The summed E-state index contributed by atoms with van der Waals surface area (Å²) in [5.41, 5.74) is 4.72. The number of rotatable bonds is 8. The van der Waals surface area contributed by atoms with Crippen molar-refractivity contribution in [2.24, 2.45) is 0 Å². The van der Waals surface area contributed by atoms with Crippen LogP contribution < -0.4 is 10.1 Å². The van der Waals surface area contributed by atoms with Crippen molar-refractivity contribution in [1.82, 2.24) is 9.88 Å². The van der Waals surface area contributed by atoms with Crippen LogP contribution in [0.5, 0.6) is 5.75 Å². The van der Waals surface area contributed by atoms with Gasteiger partial charge in [-0.2, -0.15) is 4.98 Å². The average molecular weight is 518 g/mol. The summed E-state index contributed by atoms with van der Waals surface area (Å²) in [4.78, 5) is 31.1. The molecule has 1 aromatic heterocycles. The third kappa shape index (κ3) is 5.72. The van der Waals surface area contributed by atoms with E-state index in [1.165, 1.54) is 7.11 Å². The predicted molar refractivity (Wildman–Crippen MR) is 143 cm³/mol. The molecule has 0 radical (unpaired) electrons. The number of aryl methyl sites for hydroxylation is 1. The summed E-state index contributed by atoms with van der Waals surface area (Å²) in [6.45, 7) is 2.40. The molecular weight excluding hydrogens is 490 g/mol. The van der Waals surface area contributed by atoms with Crippen LogP contribution in [0.2, 0.25) is 0 Å². The van der Waals surface area contributed by atoms with Crippen molar-refractivity contribution in [2.45, 2.75) is 19.4 Å². The van der Waals surface area contributed by atoms with Crippen molar-refractivity contribution in [3.63, 3.8) is 0 Å². The zero-order valence-electron chi connectivity index (χ0n) is 20.6. The molecule has 9 heteroatoms. The van der Waals surface area contributed by atoms with Crippen LogP contribution in [0, 0.1) is 6.92 Å². The van der Waals surface area contributed by atoms with E-state index >= 15 is 0 Å². The summed E-state index contributed by atoms with van der Waals surface area (Å²) in [7, 11) is 1.35. The van der Waals surface area contributed by atoms with Crippen LogP contribution in [0.3, 0.4) is 0 Å². The Kier molecular flexibility index (Phi) is 7.32. The molecule has 1 saturated heterocycles. The van der Waals surface area contributed by atoms with E-state index in [9.17, 15) is 9.59 Å². The Morgan fingerprint density at radius 2 is 1.95 bits per heavy atom. The highest BCUT2D eigenvalue weighted by molar-refractivity contribution is 7.99. The second kappa shape index (κ2) is 11.0. The first-order valence-corrected chi connectivity index (χ1v) is 13.1. The summed E-state index contributed by atoms with van der Waals surface area (Å²) < 4.78 is 16.6. The van der Waals surface area contributed by atoms with Gasteiger partial charge in [-0.25, -0.2) is 4.79 Å². The SMILES string of the molecule is COC(=O)c1ccc(OC[C@@H]2CSCN2C(=O)Cc2ccc3nc(Nc4ccccc4C)oc3c2)cc1. The highest BCUT2D eigenvalue weighted by atomic mass is 32.2. The number of esters is 1. The quantitative estimate of drug-likeness (QED) is 0.319. The highest BCUT2D eigenvalue weighted by Crippen LogP contribution is 2.27. The van der Waals surface area contributed by atoms with Gasteiger partial charge in [-0.15, -0.1) is 11.8 Å². The minimum Gasteiger partial charge on any atom is -0.491 e. The number of oxazole rings is 1. The maximum Gasteiger partial charge on any atom is 0.337 e. The number of carbonyl (C=O) groups is 2. The molecule has 1 fully saturated rings. The third-order valence-corrected chi connectivity index (χ3v) is 7.30. The van der Waals surface area contributed by atoms with Crippen molar-refractivity contribution >= 4 is 46.4 Å². The summed E-state index contributed by atoms with van der Waals surface area (Å²) in [5, 5.41) is 3.22. The monoisotopic (exact) mass is 517 g/mol. The van der Waals surface area contributed by atoms with Crippen molar-refractivity contribution < 1.29 is 23.5 Å². The zero-order chi connectivity index (χ0) is 25.8. The number of aromatic nitrogens is 1. The number of anilines is 2. The molecule has 8 nitrogen and oxygen atoms in total. The number of amides is 1. The third-order valence-electron chi connectivity index (χ3n) is 6.21. The van der Waals surface area contributed by atoms with Gasteiger partial charge >= 0.3 is 5.97 Å². The van der Waals surface area contributed by atoms with Gasteiger partial charge in [0.2, 0.25) is 5.91 Å². The van der Waals surface area contributed by atoms with E-state index in [0.29, 0.717) is 35.4 Å². The Morgan fingerprint density at radius 3 is 2.73 bits per heavy atom. The Morgan fingerprint density at radius 1 is 1.14 bits per heavy atom. The van der Waals surface area contributed by atoms with Gasteiger partial charge in [0, 0.05) is 11.4 Å². The van der Waals surface area contributed by atoms with Gasteiger partial charge in [-0.3, -0.25) is 4.79 Å². The molecule has 5 rings (SSSR count). The number of ether oxygens (including phenoxy) is 2. The molecule has 2 heterocycles. The Bertz CT molecular complexity index is 1420. The molecule has 3 aromatic carbocycles. The number of benzene rings is 3. The Balaban J connectivity index is 1.20. The second-order valence-corrected chi connectivity index (χ2v) is 9.78. The van der Waals surface area contributed by atoms with Crippen LogP contribution >= 0.6 is 11.8 Å². The molecule has 1 atom stereocenters. The second-order valence-electron chi connectivity index (χ2n) is 8.78. The van der Waals surface area contributed by atoms with Crippen LogP contribution in [0.25, 0.3) is 11.1 Å². The lowest BCUT2D eigenvalue weighted by atomic mass is 10.1. The number of fused-ring (bicyclic) bond motifs is 1. The molecule has 0 aliphatic carbocycles. The smallest absolute Gasteiger partial charge is 0.337 e. The minimum atomic E-state index is -0.391. The molecule has 0 spiro atoms. The molecule has 1 aliphatic heterocycles. The number of nitrogens with one attached hydrogen (secondary N) is 1. The van der Waals surface area contributed by atoms with E-state index in [1.54, 1.807) is 36.0 Å². The van der Waals surface area contributed by atoms with Gasteiger partial charge in [-0.05, 0) is 60.5 Å². The molecule has 0 saturated carbocycles. The normalized spacial score (nSPS) is 15.1. The Labute approximate surface area is 219 Å². The zero-order valence-corrected chi connectivity index (χ0v) is 21.4. The highest BCUT2D eigenvalue weighted by Gasteiger charge is 2.30. The topological polar surface area (TPSA) is 93.9 Å². The fourth-order valence-electron chi connectivity index (χ4n) is 4.13. The van der Waals surface area contributed by atoms with E-state index in [0.717, 1.165) is 28.1 Å². The van der Waals surface area contributed by atoms with Crippen LogP contribution in [-0.2, 0) is 16.0 Å². The lowest BCUT2D eigenvalue weighted by Gasteiger charge is -2.24. The van der Waals surface area contributed by atoms with E-state index < -0.39 is 5.97 Å². The molecule has 4 aromatic rings. The summed E-state index contributed by atoms with van der Waals surface area (Å²) in [5.74, 6) is 1.72. The van der Waals surface area contributed by atoms with Crippen molar-refractivity contribution in [1.29, 1.82) is 0 Å². The van der Waals surface area contributed by atoms with E-state index in [4.69, 9.17) is 13.9 Å². The summed E-state index contributed by atoms with van der Waals surface area (Å²) in [6.07, 6.45) is 0.266. The number of hydrogen-bond donors (Lipinski definition) is 1. The van der Waals surface area contributed by atoms with Crippen molar-refractivity contribution in [3.8, 4) is 5.75 Å². The number of nitrogens with zero attached hydrogens (tertiary/aromatic N) is 2. The van der Waals surface area contributed by atoms with Gasteiger partial charge in [0.15, 0.2) is 5.58 Å². The van der Waals surface area contributed by atoms with Gasteiger partial charge < -0.3 is 24.1 Å². The number of thioether (sulfide) groups is 1. The summed E-state index contributed by atoms with van der Waals surface area (Å²) in [6, 6.07) is 20.8. The van der Waals surface area contributed by atoms with Gasteiger partial charge in [0.1, 0.15) is 17.9 Å². The molecule has 1 aliphatic rings. The van der Waals surface area contributed by atoms with Gasteiger partial charge in [0.25, 0.3) is 6.01 Å². The molecule has 190 valence electrons. The lowest BCUT2D eigenvalue weighted by molar-refractivity contribution is -0.131. The van der Waals surface area contributed by atoms with E-state index in [2.05, 4.69) is 10.3 Å². The van der Waals surface area contributed by atoms with Crippen molar-refractivity contribution in [2.75, 3.05) is 30.7 Å². The molecule has 1 N–H and O–H groups in total. The largest absolute Gasteiger partial charge is 0.491 e. The van der Waals surface area contributed by atoms with Crippen LogP contribution in [0.4, 0.5) is 11.7 Å². The molecular formula is C28H27N3O5S. The van der Waals surface area contributed by atoms with Crippen LogP contribution in [0.15, 0.2) is 71.1 Å². The van der Waals surface area contributed by atoms with Crippen molar-refractivity contribution in [3.05, 3.63) is 83.4 Å². The predicted octanol–water partition coefficient (Wildman–Crippen LogP) is 5.19. The van der Waals surface area contributed by atoms with Gasteiger partial charge in [-0.1, -0.05) is 24.3 Å². The number of methoxy groups -OCH3 is 1. The maximum atomic E-state index is 13.2. The van der Waals surface area contributed by atoms with E-state index in [1.807, 2.05) is 54.3 Å². The fraction of sp³-hybridized carbons (Fsp3) is 0.250. The molecule has 0 bridgehead atoms.